The molecule has 0 amide bonds. The van der Waals surface area contributed by atoms with Crippen molar-refractivity contribution >= 4 is 5.78 Å². The number of hydrogen-bond acceptors (Lipinski definition) is 1. The molecule has 0 unspecified atom stereocenters. The number of ketones is 1. The Morgan fingerprint density at radius 3 is 2.36 bits per heavy atom. The molecule has 0 atom stereocenters. The second-order valence-corrected chi connectivity index (χ2v) is 3.16. The molecule has 0 heterocycles. The van der Waals surface area contributed by atoms with Gasteiger partial charge in [0.1, 0.15) is 0 Å². The summed E-state index contributed by atoms with van der Waals surface area (Å²) in [6.07, 6.45) is 2.72. The highest BCUT2D eigenvalue weighted by atomic mass is 16.1. The molecule has 0 aromatic rings. The van der Waals surface area contributed by atoms with Crippen molar-refractivity contribution in [1.29, 1.82) is 0 Å². The number of carbonyl (C=O) groups is 1. The minimum atomic E-state index is 0.325. The molecule has 1 aliphatic rings. The van der Waals surface area contributed by atoms with Crippen LogP contribution >= 0.6 is 0 Å². The Hall–Kier alpha value is -0.850. The first kappa shape index (κ1) is 8.25. The molecule has 0 aromatic heterocycles. The van der Waals surface area contributed by atoms with Gasteiger partial charge in [0, 0.05) is 6.42 Å². The molecule has 0 radical (unpaired) electrons. The smallest absolute Gasteiger partial charge is 0.159 e. The van der Waals surface area contributed by atoms with Crippen LogP contribution in [0.3, 0.4) is 0 Å². The third-order valence-electron chi connectivity index (χ3n) is 2.26. The van der Waals surface area contributed by atoms with Crippen LogP contribution in [0.1, 0.15) is 33.1 Å². The van der Waals surface area contributed by atoms with Crippen LogP contribution in [0.25, 0.3) is 0 Å². The Labute approximate surface area is 67.8 Å². The summed E-state index contributed by atoms with van der Waals surface area (Å²) in [4.78, 5) is 11.2. The van der Waals surface area contributed by atoms with E-state index in [1.807, 2.05) is 13.8 Å². The molecule has 1 fully saturated rings. The van der Waals surface area contributed by atoms with E-state index < -0.39 is 0 Å². The van der Waals surface area contributed by atoms with Crippen molar-refractivity contribution < 1.29 is 4.79 Å². The maximum atomic E-state index is 11.2. The van der Waals surface area contributed by atoms with Crippen LogP contribution in [-0.2, 0) is 4.79 Å². The lowest BCUT2D eigenvalue weighted by Gasteiger charge is -2.02. The molecule has 0 N–H and O–H groups in total. The Balaban J connectivity index is 2.94. The monoisotopic (exact) mass is 150 g/mol. The van der Waals surface area contributed by atoms with Crippen LogP contribution in [0.2, 0.25) is 0 Å². The highest BCUT2D eigenvalue weighted by Crippen LogP contribution is 2.26. The first-order chi connectivity index (χ1) is 5.13. The van der Waals surface area contributed by atoms with E-state index in [9.17, 15) is 4.79 Å². The van der Waals surface area contributed by atoms with Crippen LogP contribution in [0, 0.1) is 0 Å². The van der Waals surface area contributed by atoms with E-state index >= 15 is 0 Å². The van der Waals surface area contributed by atoms with E-state index in [2.05, 4.69) is 6.58 Å². The summed E-state index contributed by atoms with van der Waals surface area (Å²) in [6, 6.07) is 0. The zero-order chi connectivity index (χ0) is 8.43. The molecule has 1 saturated carbocycles. The zero-order valence-corrected chi connectivity index (χ0v) is 7.24. The summed E-state index contributed by atoms with van der Waals surface area (Å²) < 4.78 is 0. The lowest BCUT2D eigenvalue weighted by molar-refractivity contribution is -0.114. The van der Waals surface area contributed by atoms with Gasteiger partial charge < -0.3 is 0 Å². The molecule has 0 aromatic carbocycles. The van der Waals surface area contributed by atoms with Gasteiger partial charge in [0.25, 0.3) is 0 Å². The van der Waals surface area contributed by atoms with Crippen LogP contribution in [0.4, 0.5) is 0 Å². The molecule has 11 heavy (non-hydrogen) atoms. The minimum Gasteiger partial charge on any atom is -0.295 e. The van der Waals surface area contributed by atoms with Crippen molar-refractivity contribution in [3.05, 3.63) is 23.3 Å². The highest BCUT2D eigenvalue weighted by Gasteiger charge is 2.18. The van der Waals surface area contributed by atoms with Gasteiger partial charge in [0.05, 0.1) is 0 Å². The molecular formula is C10H14O. The van der Waals surface area contributed by atoms with Gasteiger partial charge in [-0.2, -0.15) is 0 Å². The van der Waals surface area contributed by atoms with E-state index in [0.29, 0.717) is 5.78 Å². The topological polar surface area (TPSA) is 17.1 Å². The summed E-state index contributed by atoms with van der Waals surface area (Å²) in [7, 11) is 0. The summed E-state index contributed by atoms with van der Waals surface area (Å²) in [5.41, 5.74) is 3.14. The standard InChI is InChI=1S/C10H14O/c1-7(2)8(3)9-5-4-6-10(9)11/h1,4-6H2,2-3H3/b9-8-. The van der Waals surface area contributed by atoms with Gasteiger partial charge in [0.2, 0.25) is 0 Å². The van der Waals surface area contributed by atoms with E-state index in [4.69, 9.17) is 0 Å². The van der Waals surface area contributed by atoms with Crippen molar-refractivity contribution in [3.63, 3.8) is 0 Å². The van der Waals surface area contributed by atoms with Crippen molar-refractivity contribution in [2.24, 2.45) is 0 Å². The van der Waals surface area contributed by atoms with E-state index in [-0.39, 0.29) is 0 Å². The quantitative estimate of drug-likeness (QED) is 0.525. The Bertz CT molecular complexity index is 233. The van der Waals surface area contributed by atoms with Crippen molar-refractivity contribution in [2.75, 3.05) is 0 Å². The second-order valence-electron chi connectivity index (χ2n) is 3.16. The molecule has 60 valence electrons. The van der Waals surface area contributed by atoms with Crippen molar-refractivity contribution in [1.82, 2.24) is 0 Å². The van der Waals surface area contributed by atoms with Crippen LogP contribution < -0.4 is 0 Å². The molecule has 1 aliphatic carbocycles. The fraction of sp³-hybridized carbons (Fsp3) is 0.500. The number of rotatable bonds is 1. The molecule has 0 saturated heterocycles. The Morgan fingerprint density at radius 2 is 2.00 bits per heavy atom. The molecular weight excluding hydrogens is 136 g/mol. The molecule has 1 nitrogen and oxygen atoms in total. The fourth-order valence-corrected chi connectivity index (χ4v) is 1.37. The average molecular weight is 150 g/mol. The summed E-state index contributed by atoms with van der Waals surface area (Å²) in [5, 5.41) is 0. The molecule has 1 rings (SSSR count). The third-order valence-corrected chi connectivity index (χ3v) is 2.26. The summed E-state index contributed by atoms with van der Waals surface area (Å²) in [6.45, 7) is 7.76. The largest absolute Gasteiger partial charge is 0.295 e. The molecule has 0 bridgehead atoms. The molecule has 0 aliphatic heterocycles. The Kier molecular flexibility index (Phi) is 2.28. The van der Waals surface area contributed by atoms with Crippen LogP contribution in [0.15, 0.2) is 23.3 Å². The summed E-state index contributed by atoms with van der Waals surface area (Å²) >= 11 is 0. The summed E-state index contributed by atoms with van der Waals surface area (Å²) in [5.74, 6) is 0.325. The lowest BCUT2D eigenvalue weighted by atomic mass is 10.0. The van der Waals surface area contributed by atoms with E-state index in [1.165, 1.54) is 0 Å². The lowest BCUT2D eigenvalue weighted by Crippen LogP contribution is -1.95. The number of carbonyl (C=O) groups excluding carboxylic acids is 1. The first-order valence-electron chi connectivity index (χ1n) is 4.01. The number of hydrogen-bond donors (Lipinski definition) is 0. The molecule has 0 spiro atoms. The van der Waals surface area contributed by atoms with Gasteiger partial charge in [-0.25, -0.2) is 0 Å². The number of Topliss-reactive ketones (excluding diaryl/α,β-unsaturated/α-hetero) is 1. The van der Waals surface area contributed by atoms with Gasteiger partial charge in [-0.05, 0) is 37.8 Å². The SMILES string of the molecule is C=C(C)/C(C)=C1/CCCC1=O. The Morgan fingerprint density at radius 1 is 1.36 bits per heavy atom. The predicted molar refractivity (Wildman–Crippen MR) is 46.4 cm³/mol. The van der Waals surface area contributed by atoms with Gasteiger partial charge in [0.15, 0.2) is 5.78 Å². The van der Waals surface area contributed by atoms with Crippen molar-refractivity contribution in [3.8, 4) is 0 Å². The van der Waals surface area contributed by atoms with E-state index in [0.717, 1.165) is 36.0 Å². The zero-order valence-electron chi connectivity index (χ0n) is 7.24. The number of allylic oxidation sites excluding steroid dienone is 3. The maximum absolute atomic E-state index is 11.2. The predicted octanol–water partition coefficient (Wildman–Crippen LogP) is 2.63. The highest BCUT2D eigenvalue weighted by molar-refractivity contribution is 5.98. The van der Waals surface area contributed by atoms with Gasteiger partial charge >= 0.3 is 0 Å². The fourth-order valence-electron chi connectivity index (χ4n) is 1.37. The molecule has 1 heteroatoms. The van der Waals surface area contributed by atoms with Gasteiger partial charge in [-0.15, -0.1) is 0 Å². The maximum Gasteiger partial charge on any atom is 0.159 e. The third kappa shape index (κ3) is 1.59. The van der Waals surface area contributed by atoms with Crippen LogP contribution in [0.5, 0.6) is 0 Å². The van der Waals surface area contributed by atoms with Gasteiger partial charge in [-0.1, -0.05) is 12.2 Å². The minimum absolute atomic E-state index is 0.325. The average Bonchev–Trinajstić information content (AvgIpc) is 2.33. The van der Waals surface area contributed by atoms with E-state index in [1.54, 1.807) is 0 Å². The van der Waals surface area contributed by atoms with Crippen molar-refractivity contribution in [2.45, 2.75) is 33.1 Å². The normalized spacial score (nSPS) is 22.2. The van der Waals surface area contributed by atoms with Gasteiger partial charge in [-0.3, -0.25) is 4.79 Å². The van der Waals surface area contributed by atoms with Crippen LogP contribution in [-0.4, -0.2) is 5.78 Å². The second kappa shape index (κ2) is 3.04. The first-order valence-corrected chi connectivity index (χ1v) is 4.01.